The molecule has 1 aromatic heterocycles. The predicted octanol–water partition coefficient (Wildman–Crippen LogP) is 1.64. The zero-order valence-electron chi connectivity index (χ0n) is 16.3. The molecule has 0 saturated heterocycles. The van der Waals surface area contributed by atoms with Gasteiger partial charge in [-0.1, -0.05) is 6.07 Å². The second kappa shape index (κ2) is 12.7. The average Bonchev–Trinajstić information content (AvgIpc) is 3.45. The van der Waals surface area contributed by atoms with Gasteiger partial charge in [-0.2, -0.15) is 0 Å². The number of nitrogens with one attached hydrogen (secondary N) is 3. The number of unbranched alkanes of at least 4 members (excludes halogenated alkanes) is 1. The summed E-state index contributed by atoms with van der Waals surface area (Å²) in [6.07, 6.45) is 3.87. The maximum Gasteiger partial charge on any atom is 0.250 e. The van der Waals surface area contributed by atoms with E-state index in [0.717, 1.165) is 50.4 Å². The summed E-state index contributed by atoms with van der Waals surface area (Å²) in [4.78, 5) is 27.9. The fraction of sp³-hybridized carbons (Fsp3) is 0.632. The van der Waals surface area contributed by atoms with Gasteiger partial charge < -0.3 is 20.5 Å². The summed E-state index contributed by atoms with van der Waals surface area (Å²) < 4.78 is 1.80. The van der Waals surface area contributed by atoms with Crippen LogP contribution >= 0.6 is 24.0 Å². The Balaban J connectivity index is 0.00000364. The van der Waals surface area contributed by atoms with Crippen molar-refractivity contribution in [2.24, 2.45) is 10.9 Å². The Hall–Kier alpha value is -1.58. The highest BCUT2D eigenvalue weighted by molar-refractivity contribution is 14.0. The minimum Gasteiger partial charge on any atom is -0.357 e. The van der Waals surface area contributed by atoms with Crippen molar-refractivity contribution >= 4 is 35.8 Å². The van der Waals surface area contributed by atoms with Crippen molar-refractivity contribution in [1.82, 2.24) is 20.5 Å². The van der Waals surface area contributed by atoms with Crippen LogP contribution in [-0.2, 0) is 11.3 Å². The fourth-order valence-corrected chi connectivity index (χ4v) is 2.68. The molecule has 3 N–H and O–H groups in total. The number of carbonyl (C=O) groups excluding carboxylic acids is 1. The minimum absolute atomic E-state index is 0. The summed E-state index contributed by atoms with van der Waals surface area (Å²) in [5.74, 6) is 1.18. The van der Waals surface area contributed by atoms with Crippen molar-refractivity contribution in [3.63, 3.8) is 0 Å². The minimum atomic E-state index is 0. The van der Waals surface area contributed by atoms with Crippen LogP contribution < -0.4 is 21.5 Å². The van der Waals surface area contributed by atoms with Gasteiger partial charge in [0.25, 0.3) is 5.56 Å². The van der Waals surface area contributed by atoms with Gasteiger partial charge >= 0.3 is 0 Å². The van der Waals surface area contributed by atoms with Gasteiger partial charge in [0.15, 0.2) is 5.96 Å². The second-order valence-electron chi connectivity index (χ2n) is 6.62. The number of amides is 1. The van der Waals surface area contributed by atoms with E-state index in [9.17, 15) is 9.59 Å². The van der Waals surface area contributed by atoms with Crippen LogP contribution in [0.5, 0.6) is 0 Å². The molecule has 1 saturated carbocycles. The van der Waals surface area contributed by atoms with Crippen LogP contribution in [0.4, 0.5) is 0 Å². The van der Waals surface area contributed by atoms with E-state index < -0.39 is 0 Å². The number of aliphatic imine (C=N–C) groups is 1. The third kappa shape index (κ3) is 8.77. The van der Waals surface area contributed by atoms with E-state index in [4.69, 9.17) is 0 Å². The van der Waals surface area contributed by atoms with Crippen molar-refractivity contribution in [2.45, 2.75) is 46.1 Å². The molecular weight excluding hydrogens is 457 g/mol. The maximum atomic E-state index is 11.8. The van der Waals surface area contributed by atoms with Crippen molar-refractivity contribution in [3.05, 3.63) is 34.2 Å². The first-order chi connectivity index (χ1) is 12.6. The van der Waals surface area contributed by atoms with Crippen molar-refractivity contribution in [2.75, 3.05) is 26.2 Å². The van der Waals surface area contributed by atoms with Gasteiger partial charge in [0.2, 0.25) is 5.91 Å². The number of aromatic nitrogens is 1. The van der Waals surface area contributed by atoms with E-state index in [1.165, 1.54) is 0 Å². The number of hydrogen-bond acceptors (Lipinski definition) is 3. The number of guanidine groups is 1. The fourth-order valence-electron chi connectivity index (χ4n) is 2.68. The van der Waals surface area contributed by atoms with Gasteiger partial charge in [0.1, 0.15) is 0 Å². The van der Waals surface area contributed by atoms with Crippen LogP contribution in [0.1, 0.15) is 38.3 Å². The molecule has 1 heterocycles. The summed E-state index contributed by atoms with van der Waals surface area (Å²) in [5.41, 5.74) is 1.04. The maximum absolute atomic E-state index is 11.8. The molecule has 8 heteroatoms. The second-order valence-corrected chi connectivity index (χ2v) is 6.62. The molecule has 27 heavy (non-hydrogen) atoms. The summed E-state index contributed by atoms with van der Waals surface area (Å²) in [6, 6.07) is 5.34. The molecule has 0 atom stereocenters. The number of hydrogen-bond donors (Lipinski definition) is 3. The molecule has 1 aromatic rings. The van der Waals surface area contributed by atoms with Crippen LogP contribution in [0.25, 0.3) is 0 Å². The van der Waals surface area contributed by atoms with E-state index in [-0.39, 0.29) is 41.4 Å². The highest BCUT2D eigenvalue weighted by Gasteiger charge is 2.28. The molecule has 0 aliphatic heterocycles. The first-order valence-corrected chi connectivity index (χ1v) is 9.58. The van der Waals surface area contributed by atoms with Gasteiger partial charge in [-0.15, -0.1) is 24.0 Å². The van der Waals surface area contributed by atoms with Crippen molar-refractivity contribution in [3.8, 4) is 0 Å². The van der Waals surface area contributed by atoms with E-state index in [1.54, 1.807) is 16.7 Å². The largest absolute Gasteiger partial charge is 0.357 e. The Kier molecular flexibility index (Phi) is 11.1. The monoisotopic (exact) mass is 489 g/mol. The van der Waals surface area contributed by atoms with Gasteiger partial charge in [-0.25, -0.2) is 0 Å². The summed E-state index contributed by atoms with van der Waals surface area (Å²) in [5, 5.41) is 9.37. The van der Waals surface area contributed by atoms with Gasteiger partial charge in [-0.05, 0) is 45.6 Å². The number of nitrogens with zero attached hydrogens (tertiary/aromatic N) is 2. The first kappa shape index (κ1) is 23.5. The first-order valence-electron chi connectivity index (χ1n) is 9.58. The van der Waals surface area contributed by atoms with Gasteiger partial charge in [0, 0.05) is 50.4 Å². The lowest BCUT2D eigenvalue weighted by Crippen LogP contribution is -2.41. The standard InChI is InChI=1S/C19H31N5O2.HI/c1-3-20-19(23-13-12-21-18(26)16-9-10-16)22-11-4-5-14-24-15(2)7-6-8-17(24)25;/h6-8,16H,3-5,9-14H2,1-2H3,(H,21,26)(H2,20,22,23);1H. The van der Waals surface area contributed by atoms with Gasteiger partial charge in [-0.3, -0.25) is 14.6 Å². The summed E-state index contributed by atoms with van der Waals surface area (Å²) in [7, 11) is 0. The van der Waals surface area contributed by atoms with Crippen LogP contribution in [-0.4, -0.2) is 42.6 Å². The smallest absolute Gasteiger partial charge is 0.250 e. The zero-order valence-corrected chi connectivity index (χ0v) is 18.6. The van der Waals surface area contributed by atoms with Crippen LogP contribution in [0.3, 0.4) is 0 Å². The molecule has 0 aromatic carbocycles. The Bertz CT molecular complexity index is 670. The molecule has 0 bridgehead atoms. The van der Waals surface area contributed by atoms with Crippen LogP contribution in [0.2, 0.25) is 0 Å². The third-order valence-electron chi connectivity index (χ3n) is 4.34. The molecule has 0 radical (unpaired) electrons. The van der Waals surface area contributed by atoms with E-state index >= 15 is 0 Å². The number of carbonyl (C=O) groups is 1. The number of halogens is 1. The van der Waals surface area contributed by atoms with E-state index in [2.05, 4.69) is 20.9 Å². The lowest BCUT2D eigenvalue weighted by molar-refractivity contribution is -0.122. The molecule has 2 rings (SSSR count). The predicted molar refractivity (Wildman–Crippen MR) is 120 cm³/mol. The zero-order chi connectivity index (χ0) is 18.8. The molecule has 1 aliphatic carbocycles. The molecule has 0 unspecified atom stereocenters. The summed E-state index contributed by atoms with van der Waals surface area (Å²) in [6.45, 7) is 7.45. The Labute approximate surface area is 178 Å². The molecule has 1 aliphatic rings. The topological polar surface area (TPSA) is 87.5 Å². The Morgan fingerprint density at radius 2 is 1.93 bits per heavy atom. The number of aryl methyl sites for hydroxylation is 1. The average molecular weight is 489 g/mol. The van der Waals surface area contributed by atoms with Crippen molar-refractivity contribution in [1.29, 1.82) is 0 Å². The molecule has 1 fully saturated rings. The quantitative estimate of drug-likeness (QED) is 0.202. The third-order valence-corrected chi connectivity index (χ3v) is 4.34. The Morgan fingerprint density at radius 1 is 1.19 bits per heavy atom. The number of rotatable bonds is 10. The van der Waals surface area contributed by atoms with Crippen LogP contribution in [0.15, 0.2) is 28.0 Å². The SMILES string of the molecule is CCNC(=NCCCCn1c(C)cccc1=O)NCCNC(=O)C1CC1.I. The number of pyridine rings is 1. The molecule has 7 nitrogen and oxygen atoms in total. The Morgan fingerprint density at radius 3 is 2.59 bits per heavy atom. The summed E-state index contributed by atoms with van der Waals surface area (Å²) >= 11 is 0. The molecule has 0 spiro atoms. The highest BCUT2D eigenvalue weighted by Crippen LogP contribution is 2.28. The molecular formula is C19H32IN5O2. The van der Waals surface area contributed by atoms with E-state index in [1.807, 2.05) is 19.9 Å². The lowest BCUT2D eigenvalue weighted by atomic mass is 10.3. The lowest BCUT2D eigenvalue weighted by Gasteiger charge is -2.12. The normalized spacial score (nSPS) is 13.6. The van der Waals surface area contributed by atoms with E-state index in [0.29, 0.717) is 19.6 Å². The van der Waals surface area contributed by atoms with Crippen molar-refractivity contribution < 1.29 is 4.79 Å². The van der Waals surface area contributed by atoms with Crippen LogP contribution in [0, 0.1) is 12.8 Å². The highest BCUT2D eigenvalue weighted by atomic mass is 127. The molecule has 1 amide bonds. The molecule has 152 valence electrons. The van der Waals surface area contributed by atoms with Gasteiger partial charge in [0.05, 0.1) is 0 Å².